The second-order valence-electron chi connectivity index (χ2n) is 4.66. The maximum Gasteiger partial charge on any atom is 0.220 e. The molecule has 2 aromatic rings. The van der Waals surface area contributed by atoms with E-state index in [2.05, 4.69) is 15.5 Å². The number of rotatable bonds is 6. The lowest BCUT2D eigenvalue weighted by Crippen LogP contribution is -2.27. The first-order valence-corrected chi connectivity index (χ1v) is 6.48. The van der Waals surface area contributed by atoms with Crippen LogP contribution in [0.25, 0.3) is 5.65 Å². The van der Waals surface area contributed by atoms with Crippen LogP contribution in [0, 0.1) is 0 Å². The summed E-state index contributed by atoms with van der Waals surface area (Å²) in [5, 5.41) is 11.0. The largest absolute Gasteiger partial charge is 0.356 e. The molecule has 0 aliphatic rings. The van der Waals surface area contributed by atoms with Gasteiger partial charge in [-0.15, -0.1) is 10.2 Å². The molecule has 0 bridgehead atoms. The summed E-state index contributed by atoms with van der Waals surface area (Å²) in [4.78, 5) is 11.5. The van der Waals surface area contributed by atoms with Crippen molar-refractivity contribution in [2.24, 2.45) is 5.73 Å². The molecule has 2 rings (SSSR count). The highest BCUT2D eigenvalue weighted by Gasteiger charge is 2.06. The lowest BCUT2D eigenvalue weighted by Gasteiger charge is -2.06. The average Bonchev–Trinajstić information content (AvgIpc) is 2.80. The molecule has 6 heteroatoms. The Hall–Kier alpha value is -1.95. The number of aromatic nitrogens is 3. The zero-order valence-electron chi connectivity index (χ0n) is 11.0. The standard InChI is InChI=1S/C13H19N5O/c1-10(14)5-6-13(19)15-8-7-12-17-16-11-4-2-3-9-18(11)12/h2-4,9-10H,5-8,14H2,1H3,(H,15,19). The number of carbonyl (C=O) groups is 1. The van der Waals surface area contributed by atoms with Crippen molar-refractivity contribution >= 4 is 11.6 Å². The molecule has 1 unspecified atom stereocenters. The topological polar surface area (TPSA) is 85.3 Å². The summed E-state index contributed by atoms with van der Waals surface area (Å²) in [6.07, 6.45) is 3.76. The van der Waals surface area contributed by atoms with Crippen LogP contribution in [0.2, 0.25) is 0 Å². The molecule has 0 saturated carbocycles. The van der Waals surface area contributed by atoms with Crippen LogP contribution in [0.15, 0.2) is 24.4 Å². The van der Waals surface area contributed by atoms with Gasteiger partial charge in [0.15, 0.2) is 5.65 Å². The molecule has 0 aliphatic carbocycles. The van der Waals surface area contributed by atoms with Gasteiger partial charge in [-0.2, -0.15) is 0 Å². The lowest BCUT2D eigenvalue weighted by atomic mass is 10.2. The number of hydrogen-bond donors (Lipinski definition) is 2. The molecule has 2 heterocycles. The van der Waals surface area contributed by atoms with Crippen molar-refractivity contribution in [3.8, 4) is 0 Å². The first kappa shape index (κ1) is 13.5. The van der Waals surface area contributed by atoms with Crippen LogP contribution < -0.4 is 11.1 Å². The van der Waals surface area contributed by atoms with E-state index in [0.29, 0.717) is 25.8 Å². The fraction of sp³-hybridized carbons (Fsp3) is 0.462. The van der Waals surface area contributed by atoms with Gasteiger partial charge in [-0.3, -0.25) is 9.20 Å². The molecule has 0 fully saturated rings. The van der Waals surface area contributed by atoms with Crippen LogP contribution in [0.4, 0.5) is 0 Å². The number of carbonyl (C=O) groups excluding carboxylic acids is 1. The van der Waals surface area contributed by atoms with E-state index >= 15 is 0 Å². The Morgan fingerprint density at radius 1 is 1.47 bits per heavy atom. The SMILES string of the molecule is CC(N)CCC(=O)NCCc1nnc2ccccn12. The summed E-state index contributed by atoms with van der Waals surface area (Å²) in [5.74, 6) is 0.884. The number of amides is 1. The summed E-state index contributed by atoms with van der Waals surface area (Å²) >= 11 is 0. The van der Waals surface area contributed by atoms with Crippen molar-refractivity contribution in [2.75, 3.05) is 6.54 Å². The molecule has 102 valence electrons. The molecule has 0 spiro atoms. The molecule has 0 saturated heterocycles. The van der Waals surface area contributed by atoms with Crippen LogP contribution >= 0.6 is 0 Å². The predicted molar refractivity (Wildman–Crippen MR) is 72.6 cm³/mol. The zero-order valence-corrected chi connectivity index (χ0v) is 11.0. The highest BCUT2D eigenvalue weighted by atomic mass is 16.1. The third-order valence-corrected chi connectivity index (χ3v) is 2.88. The molecule has 0 radical (unpaired) electrons. The van der Waals surface area contributed by atoms with Gasteiger partial charge in [0.05, 0.1) is 0 Å². The third-order valence-electron chi connectivity index (χ3n) is 2.88. The monoisotopic (exact) mass is 261 g/mol. The highest BCUT2D eigenvalue weighted by Crippen LogP contribution is 2.02. The molecular formula is C13H19N5O. The predicted octanol–water partition coefficient (Wildman–Crippen LogP) is 0.515. The number of pyridine rings is 1. The van der Waals surface area contributed by atoms with Crippen LogP contribution in [0.5, 0.6) is 0 Å². The molecule has 1 atom stereocenters. The van der Waals surface area contributed by atoms with E-state index in [9.17, 15) is 4.79 Å². The zero-order chi connectivity index (χ0) is 13.7. The van der Waals surface area contributed by atoms with Gasteiger partial charge in [0.1, 0.15) is 5.82 Å². The first-order chi connectivity index (χ1) is 9.16. The fourth-order valence-electron chi connectivity index (χ4n) is 1.82. The molecule has 0 aromatic carbocycles. The quantitative estimate of drug-likeness (QED) is 0.793. The van der Waals surface area contributed by atoms with Crippen LogP contribution in [0.3, 0.4) is 0 Å². The molecular weight excluding hydrogens is 242 g/mol. The number of fused-ring (bicyclic) bond motifs is 1. The average molecular weight is 261 g/mol. The molecule has 6 nitrogen and oxygen atoms in total. The molecule has 0 aliphatic heterocycles. The van der Waals surface area contributed by atoms with Crippen LogP contribution in [-0.4, -0.2) is 33.1 Å². The van der Waals surface area contributed by atoms with Crippen LogP contribution in [-0.2, 0) is 11.2 Å². The Kier molecular flexibility index (Phi) is 4.46. The number of nitrogens with two attached hydrogens (primary N) is 1. The Labute approximate surface area is 112 Å². The van der Waals surface area contributed by atoms with Gasteiger partial charge in [-0.25, -0.2) is 0 Å². The summed E-state index contributed by atoms with van der Waals surface area (Å²) < 4.78 is 1.92. The van der Waals surface area contributed by atoms with E-state index in [1.807, 2.05) is 35.7 Å². The smallest absolute Gasteiger partial charge is 0.220 e. The van der Waals surface area contributed by atoms with Crippen molar-refractivity contribution in [2.45, 2.75) is 32.2 Å². The van der Waals surface area contributed by atoms with E-state index in [4.69, 9.17) is 5.73 Å². The second kappa shape index (κ2) is 6.29. The van der Waals surface area contributed by atoms with E-state index in [0.717, 1.165) is 11.5 Å². The van der Waals surface area contributed by atoms with E-state index < -0.39 is 0 Å². The highest BCUT2D eigenvalue weighted by molar-refractivity contribution is 5.75. The molecule has 2 aromatic heterocycles. The molecule has 1 amide bonds. The minimum Gasteiger partial charge on any atom is -0.356 e. The van der Waals surface area contributed by atoms with Gasteiger partial charge in [0.25, 0.3) is 0 Å². The Morgan fingerprint density at radius 3 is 3.11 bits per heavy atom. The van der Waals surface area contributed by atoms with Crippen molar-refractivity contribution in [1.82, 2.24) is 19.9 Å². The summed E-state index contributed by atoms with van der Waals surface area (Å²) in [6, 6.07) is 5.81. The normalized spacial score (nSPS) is 12.5. The van der Waals surface area contributed by atoms with Gasteiger partial charge in [-0.1, -0.05) is 6.07 Å². The van der Waals surface area contributed by atoms with Crippen LogP contribution in [0.1, 0.15) is 25.6 Å². The summed E-state index contributed by atoms with van der Waals surface area (Å²) in [7, 11) is 0. The molecule has 19 heavy (non-hydrogen) atoms. The van der Waals surface area contributed by atoms with Crippen molar-refractivity contribution in [3.63, 3.8) is 0 Å². The van der Waals surface area contributed by atoms with Crippen molar-refractivity contribution in [3.05, 3.63) is 30.2 Å². The van der Waals surface area contributed by atoms with Gasteiger partial charge in [0.2, 0.25) is 5.91 Å². The van der Waals surface area contributed by atoms with E-state index in [1.54, 1.807) is 0 Å². The Balaban J connectivity index is 1.81. The Morgan fingerprint density at radius 2 is 2.32 bits per heavy atom. The Bertz CT molecular complexity index is 549. The van der Waals surface area contributed by atoms with Gasteiger partial charge in [-0.05, 0) is 25.5 Å². The number of nitrogens with zero attached hydrogens (tertiary/aromatic N) is 3. The van der Waals surface area contributed by atoms with Gasteiger partial charge in [0, 0.05) is 31.6 Å². The van der Waals surface area contributed by atoms with Gasteiger partial charge >= 0.3 is 0 Å². The summed E-state index contributed by atoms with van der Waals surface area (Å²) in [6.45, 7) is 2.46. The minimum absolute atomic E-state index is 0.0334. The van der Waals surface area contributed by atoms with E-state index in [-0.39, 0.29) is 11.9 Å². The number of nitrogens with one attached hydrogen (secondary N) is 1. The summed E-state index contributed by atoms with van der Waals surface area (Å²) in [5.41, 5.74) is 6.43. The first-order valence-electron chi connectivity index (χ1n) is 6.48. The fourth-order valence-corrected chi connectivity index (χ4v) is 1.82. The maximum absolute atomic E-state index is 11.5. The second-order valence-corrected chi connectivity index (χ2v) is 4.66. The van der Waals surface area contributed by atoms with Gasteiger partial charge < -0.3 is 11.1 Å². The number of hydrogen-bond acceptors (Lipinski definition) is 4. The van der Waals surface area contributed by atoms with Crippen molar-refractivity contribution in [1.29, 1.82) is 0 Å². The van der Waals surface area contributed by atoms with E-state index in [1.165, 1.54) is 0 Å². The third kappa shape index (κ3) is 3.75. The maximum atomic E-state index is 11.5. The molecule has 3 N–H and O–H groups in total. The van der Waals surface area contributed by atoms with Crippen molar-refractivity contribution < 1.29 is 4.79 Å². The lowest BCUT2D eigenvalue weighted by molar-refractivity contribution is -0.121. The minimum atomic E-state index is 0.0334.